The summed E-state index contributed by atoms with van der Waals surface area (Å²) in [5.74, 6) is 0. The Labute approximate surface area is 67.0 Å². The maximum atomic E-state index is 3.91. The highest BCUT2D eigenvalue weighted by molar-refractivity contribution is 5.45. The molecule has 0 aromatic carbocycles. The smallest absolute Gasteiger partial charge is 0.0412 e. The molecule has 1 rings (SSSR count). The molecule has 0 unspecified atom stereocenters. The van der Waals surface area contributed by atoms with Crippen LogP contribution in [-0.2, 0) is 0 Å². The molecule has 58 valence electrons. The maximum absolute atomic E-state index is 3.91. The van der Waals surface area contributed by atoms with Crippen LogP contribution in [0, 0.1) is 0 Å². The largest absolute Gasteiger partial charge is 0.359 e. The molecule has 0 aliphatic carbocycles. The van der Waals surface area contributed by atoms with Gasteiger partial charge in [0.15, 0.2) is 0 Å². The van der Waals surface area contributed by atoms with Crippen LogP contribution in [0.3, 0.4) is 0 Å². The van der Waals surface area contributed by atoms with Gasteiger partial charge in [-0.25, -0.2) is 0 Å². The zero-order chi connectivity index (χ0) is 8.10. The molecule has 1 aromatic rings. The van der Waals surface area contributed by atoms with Crippen LogP contribution >= 0.6 is 0 Å². The SMILES string of the molecule is C=C(CC)Nc1ccncc1. The topological polar surface area (TPSA) is 24.9 Å². The second-order valence-corrected chi connectivity index (χ2v) is 2.32. The molecule has 0 aliphatic heterocycles. The lowest BCUT2D eigenvalue weighted by Crippen LogP contribution is -1.95. The van der Waals surface area contributed by atoms with Gasteiger partial charge >= 0.3 is 0 Å². The molecule has 1 N–H and O–H groups in total. The number of allylic oxidation sites excluding steroid dienone is 1. The number of pyridine rings is 1. The summed E-state index contributed by atoms with van der Waals surface area (Å²) in [7, 11) is 0. The van der Waals surface area contributed by atoms with Crippen molar-refractivity contribution in [1.82, 2.24) is 4.98 Å². The van der Waals surface area contributed by atoms with E-state index in [0.29, 0.717) is 0 Å². The standard InChI is InChI=1S/C9H12N2/c1-3-8(2)11-9-4-6-10-7-5-9/h4-7H,2-3H2,1H3,(H,10,11). The predicted molar refractivity (Wildman–Crippen MR) is 47.3 cm³/mol. The number of nitrogens with zero attached hydrogens (tertiary/aromatic N) is 1. The normalized spacial score (nSPS) is 9.18. The quantitative estimate of drug-likeness (QED) is 0.712. The maximum Gasteiger partial charge on any atom is 0.0412 e. The number of hydrogen-bond donors (Lipinski definition) is 1. The van der Waals surface area contributed by atoms with Crippen molar-refractivity contribution in [2.24, 2.45) is 0 Å². The molecule has 0 atom stereocenters. The van der Waals surface area contributed by atoms with Crippen LogP contribution in [0.25, 0.3) is 0 Å². The van der Waals surface area contributed by atoms with E-state index in [4.69, 9.17) is 0 Å². The van der Waals surface area contributed by atoms with Crippen LogP contribution in [0.4, 0.5) is 5.69 Å². The first-order valence-corrected chi connectivity index (χ1v) is 3.67. The van der Waals surface area contributed by atoms with Gasteiger partial charge in [-0.1, -0.05) is 13.5 Å². The molecular formula is C9H12N2. The molecule has 0 saturated carbocycles. The van der Waals surface area contributed by atoms with Crippen molar-refractivity contribution in [3.05, 3.63) is 36.8 Å². The van der Waals surface area contributed by atoms with Crippen LogP contribution in [0.1, 0.15) is 13.3 Å². The van der Waals surface area contributed by atoms with E-state index in [0.717, 1.165) is 17.8 Å². The van der Waals surface area contributed by atoms with Gasteiger partial charge in [0.25, 0.3) is 0 Å². The predicted octanol–water partition coefficient (Wildman–Crippen LogP) is 2.42. The number of hydrogen-bond acceptors (Lipinski definition) is 2. The van der Waals surface area contributed by atoms with Gasteiger partial charge in [0.05, 0.1) is 0 Å². The highest BCUT2D eigenvalue weighted by atomic mass is 14.9. The van der Waals surface area contributed by atoms with Crippen LogP contribution in [-0.4, -0.2) is 4.98 Å². The summed E-state index contributed by atoms with van der Waals surface area (Å²) in [6.07, 6.45) is 4.46. The molecule has 0 aliphatic rings. The van der Waals surface area contributed by atoms with Crippen molar-refractivity contribution in [2.75, 3.05) is 5.32 Å². The summed E-state index contributed by atoms with van der Waals surface area (Å²) in [6.45, 7) is 5.90. The summed E-state index contributed by atoms with van der Waals surface area (Å²) in [4.78, 5) is 3.91. The first kappa shape index (κ1) is 7.79. The summed E-state index contributed by atoms with van der Waals surface area (Å²) in [6, 6.07) is 3.84. The lowest BCUT2D eigenvalue weighted by atomic mass is 10.3. The van der Waals surface area contributed by atoms with E-state index >= 15 is 0 Å². The Balaban J connectivity index is 2.58. The van der Waals surface area contributed by atoms with Gasteiger partial charge in [0.1, 0.15) is 0 Å². The lowest BCUT2D eigenvalue weighted by molar-refractivity contribution is 1.11. The summed E-state index contributed by atoms with van der Waals surface area (Å²) >= 11 is 0. The van der Waals surface area contributed by atoms with Crippen LogP contribution in [0.2, 0.25) is 0 Å². The highest BCUT2D eigenvalue weighted by Crippen LogP contribution is 2.07. The van der Waals surface area contributed by atoms with E-state index in [2.05, 4.69) is 23.8 Å². The van der Waals surface area contributed by atoms with E-state index in [9.17, 15) is 0 Å². The van der Waals surface area contributed by atoms with Crippen LogP contribution in [0.5, 0.6) is 0 Å². The summed E-state index contributed by atoms with van der Waals surface area (Å²) < 4.78 is 0. The monoisotopic (exact) mass is 148 g/mol. The fraction of sp³-hybridized carbons (Fsp3) is 0.222. The van der Waals surface area contributed by atoms with Crippen LogP contribution in [0.15, 0.2) is 36.8 Å². The molecule has 2 nitrogen and oxygen atoms in total. The van der Waals surface area contributed by atoms with Gasteiger partial charge in [0.2, 0.25) is 0 Å². The van der Waals surface area contributed by atoms with Crippen molar-refractivity contribution in [1.29, 1.82) is 0 Å². The molecule has 0 bridgehead atoms. The molecule has 0 saturated heterocycles. The zero-order valence-corrected chi connectivity index (χ0v) is 6.67. The lowest BCUT2D eigenvalue weighted by Gasteiger charge is -2.05. The molecule has 2 heteroatoms. The average molecular weight is 148 g/mol. The Hall–Kier alpha value is -1.31. The second kappa shape index (κ2) is 3.76. The number of nitrogens with one attached hydrogen (secondary N) is 1. The molecule has 0 radical (unpaired) electrons. The Morgan fingerprint density at radius 3 is 2.73 bits per heavy atom. The van der Waals surface area contributed by atoms with E-state index in [1.165, 1.54) is 0 Å². The van der Waals surface area contributed by atoms with E-state index in [1.54, 1.807) is 12.4 Å². The Kier molecular flexibility index (Phi) is 2.66. The summed E-state index contributed by atoms with van der Waals surface area (Å²) in [5.41, 5.74) is 2.07. The molecule has 11 heavy (non-hydrogen) atoms. The number of aromatic nitrogens is 1. The van der Waals surface area contributed by atoms with Gasteiger partial charge < -0.3 is 5.32 Å². The fourth-order valence-corrected chi connectivity index (χ4v) is 0.728. The highest BCUT2D eigenvalue weighted by Gasteiger charge is 1.89. The van der Waals surface area contributed by atoms with E-state index < -0.39 is 0 Å². The van der Waals surface area contributed by atoms with Crippen molar-refractivity contribution in [2.45, 2.75) is 13.3 Å². The van der Waals surface area contributed by atoms with Gasteiger partial charge in [0, 0.05) is 23.8 Å². The number of rotatable bonds is 3. The van der Waals surface area contributed by atoms with Gasteiger partial charge in [-0.2, -0.15) is 0 Å². The first-order chi connectivity index (χ1) is 5.33. The molecule has 1 aromatic heterocycles. The zero-order valence-electron chi connectivity index (χ0n) is 6.67. The molecule has 1 heterocycles. The molecule has 0 amide bonds. The van der Waals surface area contributed by atoms with Crippen LogP contribution < -0.4 is 5.32 Å². The van der Waals surface area contributed by atoms with Crippen molar-refractivity contribution >= 4 is 5.69 Å². The third-order valence-corrected chi connectivity index (χ3v) is 1.43. The minimum absolute atomic E-state index is 0.947. The average Bonchev–Trinajstić information content (AvgIpc) is 2.06. The second-order valence-electron chi connectivity index (χ2n) is 2.32. The Bertz CT molecular complexity index is 229. The summed E-state index contributed by atoms with van der Waals surface area (Å²) in [5, 5.41) is 3.16. The molecule has 0 spiro atoms. The minimum Gasteiger partial charge on any atom is -0.359 e. The van der Waals surface area contributed by atoms with Crippen molar-refractivity contribution in [3.8, 4) is 0 Å². The van der Waals surface area contributed by atoms with E-state index in [-0.39, 0.29) is 0 Å². The molecular weight excluding hydrogens is 136 g/mol. The third-order valence-electron chi connectivity index (χ3n) is 1.43. The van der Waals surface area contributed by atoms with E-state index in [1.807, 2.05) is 12.1 Å². The number of anilines is 1. The first-order valence-electron chi connectivity index (χ1n) is 3.67. The Morgan fingerprint density at radius 2 is 2.18 bits per heavy atom. The van der Waals surface area contributed by atoms with Gasteiger partial charge in [-0.3, -0.25) is 4.98 Å². The van der Waals surface area contributed by atoms with Crippen molar-refractivity contribution in [3.63, 3.8) is 0 Å². The molecule has 0 fully saturated rings. The Morgan fingerprint density at radius 1 is 1.55 bits per heavy atom. The van der Waals surface area contributed by atoms with Crippen molar-refractivity contribution < 1.29 is 0 Å². The third kappa shape index (κ3) is 2.42. The fourth-order valence-electron chi connectivity index (χ4n) is 0.728. The van der Waals surface area contributed by atoms with Gasteiger partial charge in [-0.15, -0.1) is 0 Å². The minimum atomic E-state index is 0.947. The van der Waals surface area contributed by atoms with Gasteiger partial charge in [-0.05, 0) is 18.6 Å².